The van der Waals surface area contributed by atoms with Crippen LogP contribution in [0.1, 0.15) is 46.0 Å². The number of carbonyl (C=O) groups is 1. The number of hydrogen-bond donors (Lipinski definition) is 3. The Kier molecular flexibility index (Phi) is 3.58. The molecular formula is C16H28N2O3. The number of nitrogens with two attached hydrogens (primary N) is 1. The van der Waals surface area contributed by atoms with Gasteiger partial charge >= 0.3 is 0 Å². The summed E-state index contributed by atoms with van der Waals surface area (Å²) in [7, 11) is 0. The fourth-order valence-corrected chi connectivity index (χ4v) is 4.78. The maximum atomic E-state index is 12.7. The molecule has 1 aliphatic heterocycles. The van der Waals surface area contributed by atoms with Gasteiger partial charge < -0.3 is 20.9 Å². The second-order valence-electron chi connectivity index (χ2n) is 7.83. The lowest BCUT2D eigenvalue weighted by Gasteiger charge is -2.60. The van der Waals surface area contributed by atoms with Crippen molar-refractivity contribution in [3.8, 4) is 0 Å². The van der Waals surface area contributed by atoms with E-state index in [0.29, 0.717) is 13.2 Å². The highest BCUT2D eigenvalue weighted by molar-refractivity contribution is 5.89. The lowest BCUT2D eigenvalue weighted by Crippen LogP contribution is -2.80. The number of fused-ring (bicyclic) bond motifs is 1. The van der Waals surface area contributed by atoms with E-state index in [0.717, 1.165) is 32.1 Å². The second-order valence-corrected chi connectivity index (χ2v) is 7.83. The zero-order valence-electron chi connectivity index (χ0n) is 13.2. The fraction of sp³-hybridized carbons (Fsp3) is 0.938. The second kappa shape index (κ2) is 4.93. The highest BCUT2D eigenvalue weighted by atomic mass is 16.5. The van der Waals surface area contributed by atoms with Gasteiger partial charge in [0.05, 0.1) is 12.7 Å². The summed E-state index contributed by atoms with van der Waals surface area (Å²) in [4.78, 5) is 12.7. The highest BCUT2D eigenvalue weighted by Crippen LogP contribution is 2.58. The largest absolute Gasteiger partial charge is 0.396 e. The maximum absolute atomic E-state index is 12.7. The lowest BCUT2D eigenvalue weighted by atomic mass is 9.48. The average molecular weight is 296 g/mol. The summed E-state index contributed by atoms with van der Waals surface area (Å²) in [6.45, 7) is 5.43. The summed E-state index contributed by atoms with van der Waals surface area (Å²) in [6, 6.07) is 0. The first kappa shape index (κ1) is 15.3. The summed E-state index contributed by atoms with van der Waals surface area (Å²) < 4.78 is 5.73. The van der Waals surface area contributed by atoms with E-state index in [4.69, 9.17) is 10.5 Å². The van der Waals surface area contributed by atoms with Gasteiger partial charge in [-0.05, 0) is 19.3 Å². The van der Waals surface area contributed by atoms with Gasteiger partial charge in [-0.15, -0.1) is 0 Å². The molecule has 3 atom stereocenters. The lowest BCUT2D eigenvalue weighted by molar-refractivity contribution is -0.175. The van der Waals surface area contributed by atoms with Gasteiger partial charge in [0, 0.05) is 29.9 Å². The fourth-order valence-electron chi connectivity index (χ4n) is 4.78. The van der Waals surface area contributed by atoms with Crippen LogP contribution in [0.25, 0.3) is 0 Å². The molecule has 3 fully saturated rings. The van der Waals surface area contributed by atoms with E-state index in [1.165, 1.54) is 0 Å². The molecule has 3 aliphatic rings. The van der Waals surface area contributed by atoms with Crippen LogP contribution in [0.15, 0.2) is 0 Å². The number of carbonyl (C=O) groups excluding carboxylic acids is 1. The third-order valence-electron chi connectivity index (χ3n) is 6.45. The van der Waals surface area contributed by atoms with E-state index in [1.807, 2.05) is 13.8 Å². The molecule has 21 heavy (non-hydrogen) atoms. The highest BCUT2D eigenvalue weighted by Gasteiger charge is 2.71. The molecule has 1 saturated heterocycles. The van der Waals surface area contributed by atoms with Gasteiger partial charge in [0.15, 0.2) is 0 Å². The van der Waals surface area contributed by atoms with Crippen LogP contribution in [0.4, 0.5) is 0 Å². The number of aliphatic hydroxyl groups is 1. The van der Waals surface area contributed by atoms with Crippen molar-refractivity contribution in [3.05, 3.63) is 0 Å². The summed E-state index contributed by atoms with van der Waals surface area (Å²) >= 11 is 0. The van der Waals surface area contributed by atoms with Crippen molar-refractivity contribution >= 4 is 5.91 Å². The summed E-state index contributed by atoms with van der Waals surface area (Å²) in [5.41, 5.74) is 5.21. The molecule has 120 valence electrons. The number of nitrogens with one attached hydrogen (secondary N) is 1. The minimum absolute atomic E-state index is 0.0704. The Hall–Kier alpha value is -0.650. The summed E-state index contributed by atoms with van der Waals surface area (Å²) in [5, 5.41) is 12.7. The molecule has 2 aliphatic carbocycles. The SMILES string of the molecule is CC1(C)C2OCCC2C1(N)C(=O)NCC1(CO)CCCC1. The Labute approximate surface area is 126 Å². The predicted octanol–water partition coefficient (Wildman–Crippen LogP) is 0.798. The molecule has 4 N–H and O–H groups in total. The van der Waals surface area contributed by atoms with Crippen LogP contribution in [0, 0.1) is 16.7 Å². The molecule has 1 amide bonds. The zero-order chi connectivity index (χ0) is 15.3. The number of hydrogen-bond acceptors (Lipinski definition) is 4. The van der Waals surface area contributed by atoms with Crippen LogP contribution in [-0.2, 0) is 9.53 Å². The maximum Gasteiger partial charge on any atom is 0.241 e. The third-order valence-corrected chi connectivity index (χ3v) is 6.45. The number of rotatable bonds is 4. The van der Waals surface area contributed by atoms with Crippen molar-refractivity contribution < 1.29 is 14.6 Å². The molecule has 0 radical (unpaired) electrons. The van der Waals surface area contributed by atoms with E-state index in [-0.39, 0.29) is 35.4 Å². The predicted molar refractivity (Wildman–Crippen MR) is 79.5 cm³/mol. The Balaban J connectivity index is 1.68. The van der Waals surface area contributed by atoms with E-state index in [1.54, 1.807) is 0 Å². The molecule has 5 nitrogen and oxygen atoms in total. The number of amides is 1. The van der Waals surface area contributed by atoms with Crippen LogP contribution >= 0.6 is 0 Å². The van der Waals surface area contributed by atoms with E-state index >= 15 is 0 Å². The van der Waals surface area contributed by atoms with Crippen molar-refractivity contribution in [1.29, 1.82) is 0 Å². The molecule has 0 spiro atoms. The minimum Gasteiger partial charge on any atom is -0.396 e. The molecule has 5 heteroatoms. The first-order valence-electron chi connectivity index (χ1n) is 8.17. The molecule has 2 saturated carbocycles. The van der Waals surface area contributed by atoms with E-state index in [9.17, 15) is 9.90 Å². The van der Waals surface area contributed by atoms with Crippen molar-refractivity contribution in [2.45, 2.75) is 57.6 Å². The topological polar surface area (TPSA) is 84.6 Å². The van der Waals surface area contributed by atoms with Crippen molar-refractivity contribution in [1.82, 2.24) is 5.32 Å². The average Bonchev–Trinajstić information content (AvgIpc) is 3.12. The molecule has 0 aromatic rings. The summed E-state index contributed by atoms with van der Waals surface area (Å²) in [6.07, 6.45) is 5.21. The van der Waals surface area contributed by atoms with Gasteiger partial charge in [0.1, 0.15) is 5.54 Å². The third kappa shape index (κ3) is 1.97. The summed E-state index contributed by atoms with van der Waals surface area (Å²) in [5.74, 6) is 0.0557. The van der Waals surface area contributed by atoms with E-state index in [2.05, 4.69) is 5.32 Å². The van der Waals surface area contributed by atoms with Gasteiger partial charge in [-0.3, -0.25) is 4.79 Å². The molecule has 0 aromatic carbocycles. The number of ether oxygens (including phenoxy) is 1. The number of aliphatic hydroxyl groups excluding tert-OH is 1. The molecule has 0 bridgehead atoms. The van der Waals surface area contributed by atoms with Gasteiger partial charge in [-0.25, -0.2) is 0 Å². The smallest absolute Gasteiger partial charge is 0.241 e. The molecule has 0 aromatic heterocycles. The van der Waals surface area contributed by atoms with Gasteiger partial charge in [-0.1, -0.05) is 26.7 Å². The van der Waals surface area contributed by atoms with Gasteiger partial charge in [-0.2, -0.15) is 0 Å². The quantitative estimate of drug-likeness (QED) is 0.716. The minimum atomic E-state index is -0.844. The first-order valence-corrected chi connectivity index (χ1v) is 8.17. The van der Waals surface area contributed by atoms with Crippen LogP contribution in [-0.4, -0.2) is 42.4 Å². The Morgan fingerprint density at radius 3 is 2.67 bits per heavy atom. The molecule has 1 heterocycles. The molecular weight excluding hydrogens is 268 g/mol. The van der Waals surface area contributed by atoms with Crippen molar-refractivity contribution in [2.75, 3.05) is 19.8 Å². The molecule has 3 rings (SSSR count). The Morgan fingerprint density at radius 2 is 2.05 bits per heavy atom. The standard InChI is InChI=1S/C16H28N2O3/c1-14(2)12-11(5-8-21-12)16(14,17)13(20)18-9-15(10-19)6-3-4-7-15/h11-12,19H,3-10,17H2,1-2H3,(H,18,20). The monoisotopic (exact) mass is 296 g/mol. The zero-order valence-corrected chi connectivity index (χ0v) is 13.2. The normalized spacial score (nSPS) is 39.6. The van der Waals surface area contributed by atoms with Crippen LogP contribution < -0.4 is 11.1 Å². The van der Waals surface area contributed by atoms with Gasteiger partial charge in [0.2, 0.25) is 5.91 Å². The van der Waals surface area contributed by atoms with Crippen molar-refractivity contribution in [3.63, 3.8) is 0 Å². The first-order chi connectivity index (χ1) is 9.87. The Bertz CT molecular complexity index is 431. The van der Waals surface area contributed by atoms with Crippen LogP contribution in [0.5, 0.6) is 0 Å². The van der Waals surface area contributed by atoms with Crippen molar-refractivity contribution in [2.24, 2.45) is 22.5 Å². The van der Waals surface area contributed by atoms with Crippen LogP contribution in [0.2, 0.25) is 0 Å². The Morgan fingerprint density at radius 1 is 1.38 bits per heavy atom. The van der Waals surface area contributed by atoms with Crippen LogP contribution in [0.3, 0.4) is 0 Å². The molecule has 3 unspecified atom stereocenters. The van der Waals surface area contributed by atoms with Gasteiger partial charge in [0.25, 0.3) is 0 Å². The van der Waals surface area contributed by atoms with E-state index < -0.39 is 5.54 Å².